The van der Waals surface area contributed by atoms with Gasteiger partial charge < -0.3 is 9.64 Å². The van der Waals surface area contributed by atoms with Crippen molar-refractivity contribution >= 4 is 5.97 Å². The second-order valence-electron chi connectivity index (χ2n) is 3.62. The molecule has 82 valence electrons. The number of carbonyl (C=O) groups is 1. The molecule has 14 heavy (non-hydrogen) atoms. The highest BCUT2D eigenvalue weighted by molar-refractivity contribution is 5.87. The second-order valence-corrected chi connectivity index (χ2v) is 3.62. The fourth-order valence-corrected chi connectivity index (χ4v) is 0.931. The van der Waals surface area contributed by atoms with Crippen LogP contribution in [0.1, 0.15) is 26.7 Å². The zero-order valence-electron chi connectivity index (χ0n) is 9.67. The molecule has 0 aliphatic carbocycles. The first-order valence-electron chi connectivity index (χ1n) is 5.06. The minimum atomic E-state index is -0.189. The summed E-state index contributed by atoms with van der Waals surface area (Å²) in [7, 11) is 4.02. The molecular weight excluding hydrogens is 178 g/mol. The van der Waals surface area contributed by atoms with Crippen LogP contribution in [-0.4, -0.2) is 38.1 Å². The lowest BCUT2D eigenvalue weighted by Gasteiger charge is -2.07. The normalized spacial score (nSPS) is 11.9. The van der Waals surface area contributed by atoms with Crippen LogP contribution in [-0.2, 0) is 9.53 Å². The molecule has 0 unspecified atom stereocenters. The van der Waals surface area contributed by atoms with Crippen molar-refractivity contribution in [1.82, 2.24) is 4.90 Å². The van der Waals surface area contributed by atoms with E-state index < -0.39 is 0 Å². The van der Waals surface area contributed by atoms with Crippen molar-refractivity contribution in [2.45, 2.75) is 26.7 Å². The quantitative estimate of drug-likeness (QED) is 0.483. The third-order valence-electron chi connectivity index (χ3n) is 1.79. The Labute approximate surface area is 86.7 Å². The van der Waals surface area contributed by atoms with Crippen molar-refractivity contribution in [3.63, 3.8) is 0 Å². The zero-order chi connectivity index (χ0) is 11.0. The summed E-state index contributed by atoms with van der Waals surface area (Å²) in [6.45, 7) is 5.25. The van der Waals surface area contributed by atoms with E-state index in [0.717, 1.165) is 19.4 Å². The molecule has 0 radical (unpaired) electrons. The topological polar surface area (TPSA) is 29.5 Å². The summed E-state index contributed by atoms with van der Waals surface area (Å²) in [5.74, 6) is -0.189. The Morgan fingerprint density at radius 1 is 1.43 bits per heavy atom. The Bertz CT molecular complexity index is 197. The van der Waals surface area contributed by atoms with Gasteiger partial charge in [0.2, 0.25) is 0 Å². The van der Waals surface area contributed by atoms with Crippen molar-refractivity contribution in [3.05, 3.63) is 11.6 Å². The van der Waals surface area contributed by atoms with Crippen LogP contribution in [0.2, 0.25) is 0 Å². The lowest BCUT2D eigenvalue weighted by Crippen LogP contribution is -2.13. The van der Waals surface area contributed by atoms with Gasteiger partial charge in [-0.05, 0) is 33.9 Å². The largest absolute Gasteiger partial charge is 0.462 e. The van der Waals surface area contributed by atoms with E-state index in [-0.39, 0.29) is 5.97 Å². The first kappa shape index (κ1) is 13.2. The van der Waals surface area contributed by atoms with Crippen LogP contribution in [0.5, 0.6) is 0 Å². The van der Waals surface area contributed by atoms with E-state index in [0.29, 0.717) is 12.2 Å². The third kappa shape index (κ3) is 6.66. The minimum Gasteiger partial charge on any atom is -0.462 e. The van der Waals surface area contributed by atoms with Crippen LogP contribution in [0.3, 0.4) is 0 Å². The molecule has 0 aromatic heterocycles. The summed E-state index contributed by atoms with van der Waals surface area (Å²) in [6.07, 6.45) is 3.69. The predicted octanol–water partition coefficient (Wildman–Crippen LogP) is 1.84. The van der Waals surface area contributed by atoms with Gasteiger partial charge in [-0.2, -0.15) is 0 Å². The summed E-state index contributed by atoms with van der Waals surface area (Å²) < 4.78 is 4.99. The molecule has 3 heteroatoms. The molecule has 0 spiro atoms. The Balaban J connectivity index is 3.79. The fourth-order valence-electron chi connectivity index (χ4n) is 0.931. The van der Waals surface area contributed by atoms with Gasteiger partial charge in [0.1, 0.15) is 0 Å². The van der Waals surface area contributed by atoms with Gasteiger partial charge in [-0.25, -0.2) is 4.79 Å². The number of hydrogen-bond donors (Lipinski definition) is 0. The average molecular weight is 199 g/mol. The predicted molar refractivity (Wildman–Crippen MR) is 58.2 cm³/mol. The number of esters is 1. The van der Waals surface area contributed by atoms with Crippen molar-refractivity contribution in [2.24, 2.45) is 0 Å². The van der Waals surface area contributed by atoms with Crippen molar-refractivity contribution in [3.8, 4) is 0 Å². The molecule has 0 amide bonds. The molecule has 0 aliphatic rings. The van der Waals surface area contributed by atoms with Gasteiger partial charge in [-0.3, -0.25) is 0 Å². The molecule has 0 aromatic rings. The van der Waals surface area contributed by atoms with Crippen LogP contribution >= 0.6 is 0 Å². The monoisotopic (exact) mass is 199 g/mol. The maximum atomic E-state index is 11.3. The van der Waals surface area contributed by atoms with E-state index in [4.69, 9.17) is 4.74 Å². The van der Waals surface area contributed by atoms with Crippen molar-refractivity contribution in [1.29, 1.82) is 0 Å². The average Bonchev–Trinajstić information content (AvgIpc) is 2.13. The van der Waals surface area contributed by atoms with Gasteiger partial charge in [0.25, 0.3) is 0 Å². The summed E-state index contributed by atoms with van der Waals surface area (Å²) in [5.41, 5.74) is 0.709. The molecule has 0 saturated carbocycles. The smallest absolute Gasteiger partial charge is 0.333 e. The molecule has 0 rings (SSSR count). The number of hydrogen-bond acceptors (Lipinski definition) is 3. The first-order chi connectivity index (χ1) is 6.57. The highest BCUT2D eigenvalue weighted by atomic mass is 16.5. The van der Waals surface area contributed by atoms with Crippen molar-refractivity contribution in [2.75, 3.05) is 27.2 Å². The van der Waals surface area contributed by atoms with Gasteiger partial charge in [0.15, 0.2) is 0 Å². The summed E-state index contributed by atoms with van der Waals surface area (Å²) in [6, 6.07) is 0. The summed E-state index contributed by atoms with van der Waals surface area (Å²) in [5, 5.41) is 0. The highest BCUT2D eigenvalue weighted by Crippen LogP contribution is 1.99. The van der Waals surface area contributed by atoms with Crippen LogP contribution < -0.4 is 0 Å². The van der Waals surface area contributed by atoms with Gasteiger partial charge in [0.05, 0.1) is 6.61 Å². The summed E-state index contributed by atoms with van der Waals surface area (Å²) >= 11 is 0. The van der Waals surface area contributed by atoms with E-state index in [1.807, 2.05) is 27.1 Å². The lowest BCUT2D eigenvalue weighted by molar-refractivity contribution is -0.139. The first-order valence-corrected chi connectivity index (χ1v) is 5.06. The molecule has 0 aromatic carbocycles. The van der Waals surface area contributed by atoms with Crippen molar-refractivity contribution < 1.29 is 9.53 Å². The Kier molecular flexibility index (Phi) is 7.11. The molecule has 3 nitrogen and oxygen atoms in total. The van der Waals surface area contributed by atoms with E-state index in [1.165, 1.54) is 0 Å². The van der Waals surface area contributed by atoms with Gasteiger partial charge in [0, 0.05) is 12.1 Å². The van der Waals surface area contributed by atoms with Gasteiger partial charge >= 0.3 is 5.97 Å². The molecular formula is C11H21NO2. The molecule has 0 atom stereocenters. The van der Waals surface area contributed by atoms with Crippen LogP contribution in [0, 0.1) is 0 Å². The Hall–Kier alpha value is -0.830. The minimum absolute atomic E-state index is 0.189. The molecule has 0 aliphatic heterocycles. The molecule has 0 bridgehead atoms. The Morgan fingerprint density at radius 2 is 2.07 bits per heavy atom. The molecule has 0 heterocycles. The van der Waals surface area contributed by atoms with Gasteiger partial charge in [-0.15, -0.1) is 0 Å². The van der Waals surface area contributed by atoms with Gasteiger partial charge in [-0.1, -0.05) is 13.0 Å². The molecule has 0 saturated heterocycles. The standard InChI is InChI=1S/C11H21NO2/c1-5-9-14-11(13)10(2)7-6-8-12(3)4/h7H,5-6,8-9H2,1-4H3. The fraction of sp³-hybridized carbons (Fsp3) is 0.727. The van der Waals surface area contributed by atoms with Crippen LogP contribution in [0.25, 0.3) is 0 Å². The maximum Gasteiger partial charge on any atom is 0.333 e. The third-order valence-corrected chi connectivity index (χ3v) is 1.79. The van der Waals surface area contributed by atoms with E-state index in [2.05, 4.69) is 4.90 Å². The SMILES string of the molecule is CCCOC(=O)C(C)=CCCN(C)C. The summed E-state index contributed by atoms with van der Waals surface area (Å²) in [4.78, 5) is 13.4. The number of rotatable bonds is 6. The van der Waals surface area contributed by atoms with E-state index in [9.17, 15) is 4.79 Å². The maximum absolute atomic E-state index is 11.3. The van der Waals surface area contributed by atoms with E-state index >= 15 is 0 Å². The lowest BCUT2D eigenvalue weighted by atomic mass is 10.2. The highest BCUT2D eigenvalue weighted by Gasteiger charge is 2.03. The second kappa shape index (κ2) is 7.56. The number of carbonyl (C=O) groups excluding carboxylic acids is 1. The zero-order valence-corrected chi connectivity index (χ0v) is 9.67. The molecule has 0 fully saturated rings. The van der Waals surface area contributed by atoms with Crippen LogP contribution in [0.15, 0.2) is 11.6 Å². The van der Waals surface area contributed by atoms with E-state index in [1.54, 1.807) is 6.92 Å². The molecule has 0 N–H and O–H groups in total. The number of nitrogens with zero attached hydrogens (tertiary/aromatic N) is 1. The van der Waals surface area contributed by atoms with Crippen LogP contribution in [0.4, 0.5) is 0 Å². The number of ether oxygens (including phenoxy) is 1. The Morgan fingerprint density at radius 3 is 2.57 bits per heavy atom.